The van der Waals surface area contributed by atoms with Crippen LogP contribution in [-0.2, 0) is 6.54 Å². The van der Waals surface area contributed by atoms with Crippen molar-refractivity contribution in [1.29, 1.82) is 0 Å². The molecule has 22 heavy (non-hydrogen) atoms. The van der Waals surface area contributed by atoms with Gasteiger partial charge in [-0.05, 0) is 42.3 Å². The Bertz CT molecular complexity index is 643. The molecule has 0 amide bonds. The molecule has 0 heterocycles. The Morgan fingerprint density at radius 2 is 1.50 bits per heavy atom. The predicted octanol–water partition coefficient (Wildman–Crippen LogP) is 3.72. The van der Waals surface area contributed by atoms with Gasteiger partial charge in [-0.1, -0.05) is 12.1 Å². The van der Waals surface area contributed by atoms with Crippen molar-refractivity contribution < 1.29 is 14.2 Å². The van der Waals surface area contributed by atoms with Crippen LogP contribution in [0.5, 0.6) is 17.2 Å². The molecule has 2 aromatic rings. The fraction of sp³-hybridized carbons (Fsp3) is 0.278. The summed E-state index contributed by atoms with van der Waals surface area (Å²) in [6.45, 7) is 2.56. The summed E-state index contributed by atoms with van der Waals surface area (Å²) < 4.78 is 15.8. The molecule has 0 bridgehead atoms. The Morgan fingerprint density at radius 1 is 0.864 bits per heavy atom. The van der Waals surface area contributed by atoms with Crippen LogP contribution in [0.4, 0.5) is 0 Å². The minimum Gasteiger partial charge on any atom is -0.497 e. The summed E-state index contributed by atoms with van der Waals surface area (Å²) in [6, 6.07) is 13.7. The van der Waals surface area contributed by atoms with Crippen molar-refractivity contribution in [3.8, 4) is 17.2 Å². The van der Waals surface area contributed by atoms with Gasteiger partial charge in [0, 0.05) is 11.8 Å². The highest BCUT2D eigenvalue weighted by atomic mass is 16.5. The van der Waals surface area contributed by atoms with E-state index in [4.69, 9.17) is 14.2 Å². The van der Waals surface area contributed by atoms with Gasteiger partial charge in [0.2, 0.25) is 0 Å². The summed E-state index contributed by atoms with van der Waals surface area (Å²) in [5.74, 6) is 2.36. The summed E-state index contributed by atoms with van der Waals surface area (Å²) in [5.41, 5.74) is 3.05. The molecule has 0 aliphatic heterocycles. The normalized spacial score (nSPS) is 11.2. The number of aliphatic imine (C=N–C) groups is 1. The van der Waals surface area contributed by atoms with E-state index in [0.717, 1.165) is 34.1 Å². The second kappa shape index (κ2) is 7.50. The Kier molecular flexibility index (Phi) is 5.42. The molecule has 0 fully saturated rings. The highest BCUT2D eigenvalue weighted by molar-refractivity contribution is 5.99. The van der Waals surface area contributed by atoms with E-state index >= 15 is 0 Å². The molecule has 0 spiro atoms. The lowest BCUT2D eigenvalue weighted by Crippen LogP contribution is -1.97. The second-order valence-corrected chi connectivity index (χ2v) is 4.85. The first-order chi connectivity index (χ1) is 10.7. The van der Waals surface area contributed by atoms with E-state index in [1.54, 1.807) is 21.3 Å². The van der Waals surface area contributed by atoms with E-state index in [1.165, 1.54) is 0 Å². The molecule has 4 heteroatoms. The number of ether oxygens (including phenoxy) is 3. The van der Waals surface area contributed by atoms with Crippen LogP contribution in [0.2, 0.25) is 0 Å². The molecule has 0 saturated heterocycles. The highest BCUT2D eigenvalue weighted by Crippen LogP contribution is 2.23. The fourth-order valence-electron chi connectivity index (χ4n) is 2.11. The molecule has 0 unspecified atom stereocenters. The van der Waals surface area contributed by atoms with Crippen LogP contribution < -0.4 is 14.2 Å². The summed E-state index contributed by atoms with van der Waals surface area (Å²) in [7, 11) is 4.95. The number of hydrogen-bond acceptors (Lipinski definition) is 4. The Labute approximate surface area is 131 Å². The minimum atomic E-state index is 0.566. The largest absolute Gasteiger partial charge is 0.497 e. The van der Waals surface area contributed by atoms with Gasteiger partial charge >= 0.3 is 0 Å². The number of nitrogens with zero attached hydrogens (tertiary/aromatic N) is 1. The topological polar surface area (TPSA) is 40.0 Å². The second-order valence-electron chi connectivity index (χ2n) is 4.85. The van der Waals surface area contributed by atoms with Gasteiger partial charge in [-0.2, -0.15) is 0 Å². The van der Waals surface area contributed by atoms with E-state index in [9.17, 15) is 0 Å². The third-order valence-electron chi connectivity index (χ3n) is 3.40. The molecule has 0 aliphatic rings. The van der Waals surface area contributed by atoms with Gasteiger partial charge in [-0.3, -0.25) is 4.99 Å². The van der Waals surface area contributed by atoms with Gasteiger partial charge in [0.05, 0.1) is 27.9 Å². The Hall–Kier alpha value is -2.49. The maximum absolute atomic E-state index is 5.27. The summed E-state index contributed by atoms with van der Waals surface area (Å²) >= 11 is 0. The smallest absolute Gasteiger partial charge is 0.122 e. The predicted molar refractivity (Wildman–Crippen MR) is 88.5 cm³/mol. The molecule has 116 valence electrons. The molecule has 0 aliphatic carbocycles. The quantitative estimate of drug-likeness (QED) is 0.763. The molecular weight excluding hydrogens is 278 g/mol. The van der Waals surface area contributed by atoms with Gasteiger partial charge in [0.15, 0.2) is 0 Å². The van der Waals surface area contributed by atoms with Gasteiger partial charge in [0.25, 0.3) is 0 Å². The maximum Gasteiger partial charge on any atom is 0.122 e. The highest BCUT2D eigenvalue weighted by Gasteiger charge is 2.03. The zero-order valence-corrected chi connectivity index (χ0v) is 13.4. The summed E-state index contributed by atoms with van der Waals surface area (Å²) in [4.78, 5) is 4.64. The molecule has 2 aromatic carbocycles. The van der Waals surface area contributed by atoms with Crippen molar-refractivity contribution in [3.63, 3.8) is 0 Å². The Balaban J connectivity index is 2.19. The van der Waals surface area contributed by atoms with Crippen molar-refractivity contribution in [2.75, 3.05) is 21.3 Å². The van der Waals surface area contributed by atoms with E-state index in [-0.39, 0.29) is 0 Å². The van der Waals surface area contributed by atoms with E-state index in [2.05, 4.69) is 4.99 Å². The average Bonchev–Trinajstić information content (AvgIpc) is 2.59. The van der Waals surface area contributed by atoms with Crippen LogP contribution in [0, 0.1) is 0 Å². The van der Waals surface area contributed by atoms with Crippen LogP contribution in [0.3, 0.4) is 0 Å². The van der Waals surface area contributed by atoms with Gasteiger partial charge in [0.1, 0.15) is 17.2 Å². The third-order valence-corrected chi connectivity index (χ3v) is 3.40. The molecule has 0 aromatic heterocycles. The first-order valence-corrected chi connectivity index (χ1v) is 7.03. The van der Waals surface area contributed by atoms with Crippen molar-refractivity contribution in [2.24, 2.45) is 4.99 Å². The molecule has 0 N–H and O–H groups in total. The molecule has 0 atom stereocenters. The van der Waals surface area contributed by atoms with E-state index in [0.29, 0.717) is 6.54 Å². The first kappa shape index (κ1) is 15.9. The van der Waals surface area contributed by atoms with Crippen molar-refractivity contribution in [2.45, 2.75) is 13.5 Å². The van der Waals surface area contributed by atoms with E-state index < -0.39 is 0 Å². The van der Waals surface area contributed by atoms with Crippen LogP contribution >= 0.6 is 0 Å². The maximum atomic E-state index is 5.27. The number of benzene rings is 2. The van der Waals surface area contributed by atoms with Crippen molar-refractivity contribution in [3.05, 3.63) is 53.6 Å². The molecular formula is C18H21NO3. The number of hydrogen-bond donors (Lipinski definition) is 0. The number of methoxy groups -OCH3 is 3. The van der Waals surface area contributed by atoms with Crippen LogP contribution in [0.25, 0.3) is 0 Å². The van der Waals surface area contributed by atoms with Gasteiger partial charge in [-0.15, -0.1) is 0 Å². The van der Waals surface area contributed by atoms with Gasteiger partial charge < -0.3 is 14.2 Å². The average molecular weight is 299 g/mol. The first-order valence-electron chi connectivity index (χ1n) is 7.03. The zero-order valence-electron chi connectivity index (χ0n) is 13.4. The standard InChI is InChI=1S/C18H21NO3/c1-13(15-6-5-7-16(10-15)20-2)19-12-14-8-17(21-3)11-18(9-14)22-4/h5-11H,12H2,1-4H3. The Morgan fingerprint density at radius 3 is 2.09 bits per heavy atom. The molecule has 4 nitrogen and oxygen atoms in total. The van der Waals surface area contributed by atoms with Crippen molar-refractivity contribution >= 4 is 5.71 Å². The summed E-state index contributed by atoms with van der Waals surface area (Å²) in [5, 5.41) is 0. The van der Waals surface area contributed by atoms with Crippen LogP contribution in [0.1, 0.15) is 18.1 Å². The molecule has 0 radical (unpaired) electrons. The van der Waals surface area contributed by atoms with Crippen LogP contribution in [-0.4, -0.2) is 27.0 Å². The molecule has 0 saturated carbocycles. The third kappa shape index (κ3) is 4.01. The van der Waals surface area contributed by atoms with Gasteiger partial charge in [-0.25, -0.2) is 0 Å². The lowest BCUT2D eigenvalue weighted by Gasteiger charge is -2.08. The summed E-state index contributed by atoms with van der Waals surface area (Å²) in [6.07, 6.45) is 0. The van der Waals surface area contributed by atoms with Crippen molar-refractivity contribution in [1.82, 2.24) is 0 Å². The SMILES string of the molecule is COc1cc(CN=C(C)c2cccc(OC)c2)cc(OC)c1. The monoisotopic (exact) mass is 299 g/mol. The lowest BCUT2D eigenvalue weighted by atomic mass is 10.1. The number of rotatable bonds is 6. The lowest BCUT2D eigenvalue weighted by molar-refractivity contribution is 0.393. The van der Waals surface area contributed by atoms with E-state index in [1.807, 2.05) is 49.4 Å². The minimum absolute atomic E-state index is 0.566. The molecule has 2 rings (SSSR count). The zero-order chi connectivity index (χ0) is 15.9. The van der Waals surface area contributed by atoms with Crippen LogP contribution in [0.15, 0.2) is 47.5 Å². The fourth-order valence-corrected chi connectivity index (χ4v) is 2.11.